The van der Waals surface area contributed by atoms with Crippen LogP contribution in [0.2, 0.25) is 0 Å². The third-order valence-electron chi connectivity index (χ3n) is 4.01. The Labute approximate surface area is 111 Å². The fraction of sp³-hybridized carbons (Fsp3) is 0.500. The van der Waals surface area contributed by atoms with Crippen LogP contribution in [0.25, 0.3) is 0 Å². The largest absolute Gasteiger partial charge is 0.502 e. The Balaban J connectivity index is 2.21. The third kappa shape index (κ3) is 1.57. The average Bonchev–Trinajstić information content (AvgIpc) is 2.72. The molecule has 5 heteroatoms. The van der Waals surface area contributed by atoms with E-state index in [2.05, 4.69) is 0 Å². The maximum Gasteiger partial charge on any atom is 0.255 e. The number of benzene rings is 1. The van der Waals surface area contributed by atoms with E-state index >= 15 is 0 Å². The van der Waals surface area contributed by atoms with Crippen molar-refractivity contribution in [2.24, 2.45) is 0 Å². The van der Waals surface area contributed by atoms with Crippen LogP contribution in [0.3, 0.4) is 0 Å². The van der Waals surface area contributed by atoms with Crippen LogP contribution in [0.5, 0.6) is 17.2 Å². The highest BCUT2D eigenvalue weighted by molar-refractivity contribution is 6.01. The lowest BCUT2D eigenvalue weighted by Crippen LogP contribution is -2.32. The predicted octanol–water partition coefficient (Wildman–Crippen LogP) is 2.09. The van der Waals surface area contributed by atoms with E-state index in [0.717, 1.165) is 31.4 Å². The zero-order valence-electron chi connectivity index (χ0n) is 11.1. The highest BCUT2D eigenvalue weighted by atomic mass is 16.5. The van der Waals surface area contributed by atoms with Gasteiger partial charge in [-0.1, -0.05) is 0 Å². The predicted molar refractivity (Wildman–Crippen MR) is 68.8 cm³/mol. The van der Waals surface area contributed by atoms with E-state index in [0.29, 0.717) is 11.3 Å². The quantitative estimate of drug-likeness (QED) is 0.887. The van der Waals surface area contributed by atoms with Crippen molar-refractivity contribution in [1.29, 1.82) is 0 Å². The Hall–Kier alpha value is -1.91. The van der Waals surface area contributed by atoms with Gasteiger partial charge < -0.3 is 19.5 Å². The van der Waals surface area contributed by atoms with Gasteiger partial charge in [-0.25, -0.2) is 0 Å². The summed E-state index contributed by atoms with van der Waals surface area (Å²) in [7, 11) is 2.97. The first-order chi connectivity index (χ1) is 9.19. The molecule has 1 aromatic rings. The molecule has 1 saturated heterocycles. The number of ether oxygens (including phenoxy) is 2. The highest BCUT2D eigenvalue weighted by Crippen LogP contribution is 2.51. The SMILES string of the molecule is COc1cc2c(c(OC)c1O)C1CCCCN1C2=O. The van der Waals surface area contributed by atoms with Gasteiger partial charge in [0.1, 0.15) is 0 Å². The van der Waals surface area contributed by atoms with Gasteiger partial charge in [0.25, 0.3) is 5.91 Å². The molecule has 1 unspecified atom stereocenters. The summed E-state index contributed by atoms with van der Waals surface area (Å²) in [6.07, 6.45) is 3.03. The van der Waals surface area contributed by atoms with E-state index in [9.17, 15) is 9.90 Å². The molecule has 5 nitrogen and oxygen atoms in total. The van der Waals surface area contributed by atoms with Crippen LogP contribution in [-0.4, -0.2) is 36.7 Å². The number of phenolic OH excluding ortho intramolecular Hbond substituents is 1. The molecule has 1 atom stereocenters. The number of rotatable bonds is 2. The molecule has 0 saturated carbocycles. The van der Waals surface area contributed by atoms with Gasteiger partial charge in [-0.3, -0.25) is 4.79 Å². The fourth-order valence-corrected chi connectivity index (χ4v) is 3.14. The molecule has 2 aliphatic heterocycles. The van der Waals surface area contributed by atoms with Crippen molar-refractivity contribution in [3.05, 3.63) is 17.2 Å². The van der Waals surface area contributed by atoms with Crippen LogP contribution in [0.4, 0.5) is 0 Å². The molecule has 1 amide bonds. The van der Waals surface area contributed by atoms with E-state index in [1.54, 1.807) is 6.07 Å². The van der Waals surface area contributed by atoms with Gasteiger partial charge >= 0.3 is 0 Å². The van der Waals surface area contributed by atoms with Crippen molar-refractivity contribution in [3.8, 4) is 17.2 Å². The smallest absolute Gasteiger partial charge is 0.255 e. The third-order valence-corrected chi connectivity index (χ3v) is 4.01. The van der Waals surface area contributed by atoms with Crippen LogP contribution in [-0.2, 0) is 0 Å². The summed E-state index contributed by atoms with van der Waals surface area (Å²) in [5.41, 5.74) is 1.41. The van der Waals surface area contributed by atoms with Gasteiger partial charge in [0.15, 0.2) is 11.5 Å². The molecule has 1 aromatic carbocycles. The Bertz CT molecular complexity index is 541. The molecule has 19 heavy (non-hydrogen) atoms. The van der Waals surface area contributed by atoms with Crippen molar-refractivity contribution in [2.45, 2.75) is 25.3 Å². The van der Waals surface area contributed by atoms with Crippen LogP contribution >= 0.6 is 0 Å². The number of nitrogens with zero attached hydrogens (tertiary/aromatic N) is 1. The Morgan fingerprint density at radius 1 is 1.32 bits per heavy atom. The first kappa shape index (κ1) is 12.1. The van der Waals surface area contributed by atoms with Crippen LogP contribution in [0.1, 0.15) is 41.2 Å². The van der Waals surface area contributed by atoms with Gasteiger partial charge in [0.2, 0.25) is 5.75 Å². The number of carbonyl (C=O) groups is 1. The first-order valence-electron chi connectivity index (χ1n) is 6.47. The van der Waals surface area contributed by atoms with Crippen LogP contribution < -0.4 is 9.47 Å². The monoisotopic (exact) mass is 263 g/mol. The molecule has 0 aliphatic carbocycles. The number of piperidine rings is 1. The van der Waals surface area contributed by atoms with Crippen LogP contribution in [0, 0.1) is 0 Å². The second kappa shape index (κ2) is 4.33. The van der Waals surface area contributed by atoms with Crippen molar-refractivity contribution in [1.82, 2.24) is 4.90 Å². The highest BCUT2D eigenvalue weighted by Gasteiger charge is 2.42. The number of hydrogen-bond donors (Lipinski definition) is 1. The lowest BCUT2D eigenvalue weighted by molar-refractivity contribution is 0.0670. The molecule has 2 aliphatic rings. The van der Waals surface area contributed by atoms with Gasteiger partial charge in [0.05, 0.1) is 25.8 Å². The standard InChI is InChI=1S/C14H17NO4/c1-18-10-7-8-11(13(19-2)12(10)16)9-5-3-4-6-15(9)14(8)17/h7,9,16H,3-6H2,1-2H3. The van der Waals surface area contributed by atoms with Gasteiger partial charge in [-0.2, -0.15) is 0 Å². The Morgan fingerprint density at radius 3 is 2.79 bits per heavy atom. The van der Waals surface area contributed by atoms with E-state index in [1.165, 1.54) is 14.2 Å². The minimum Gasteiger partial charge on any atom is -0.502 e. The number of fused-ring (bicyclic) bond motifs is 3. The molecule has 0 spiro atoms. The second-order valence-electron chi connectivity index (χ2n) is 4.93. The maximum absolute atomic E-state index is 12.4. The van der Waals surface area contributed by atoms with E-state index in [-0.39, 0.29) is 23.4 Å². The summed E-state index contributed by atoms with van der Waals surface area (Å²) >= 11 is 0. The number of methoxy groups -OCH3 is 2. The summed E-state index contributed by atoms with van der Waals surface area (Å²) in [6.45, 7) is 0.768. The molecule has 102 valence electrons. The number of amides is 1. The summed E-state index contributed by atoms with van der Waals surface area (Å²) < 4.78 is 10.4. The van der Waals surface area contributed by atoms with Gasteiger partial charge in [0, 0.05) is 12.1 Å². The molecular weight excluding hydrogens is 246 g/mol. The molecule has 1 fully saturated rings. The summed E-state index contributed by atoms with van der Waals surface area (Å²) in [6, 6.07) is 1.65. The summed E-state index contributed by atoms with van der Waals surface area (Å²) in [5, 5.41) is 10.1. The summed E-state index contributed by atoms with van der Waals surface area (Å²) in [4.78, 5) is 14.3. The molecule has 0 bridgehead atoms. The zero-order valence-corrected chi connectivity index (χ0v) is 11.1. The van der Waals surface area contributed by atoms with Crippen molar-refractivity contribution >= 4 is 5.91 Å². The minimum atomic E-state index is -0.0241. The second-order valence-corrected chi connectivity index (χ2v) is 4.93. The van der Waals surface area contributed by atoms with E-state index in [4.69, 9.17) is 9.47 Å². The lowest BCUT2D eigenvalue weighted by Gasteiger charge is -2.30. The molecule has 2 heterocycles. The molecule has 0 radical (unpaired) electrons. The molecule has 0 aromatic heterocycles. The summed E-state index contributed by atoms with van der Waals surface area (Å²) in [5.74, 6) is 0.640. The van der Waals surface area contributed by atoms with Crippen molar-refractivity contribution < 1.29 is 19.4 Å². The molecular formula is C14H17NO4. The van der Waals surface area contributed by atoms with Gasteiger partial charge in [-0.15, -0.1) is 0 Å². The Kier molecular flexibility index (Phi) is 2.77. The van der Waals surface area contributed by atoms with E-state index < -0.39 is 0 Å². The number of phenols is 1. The normalized spacial score (nSPS) is 21.1. The Morgan fingerprint density at radius 2 is 2.11 bits per heavy atom. The number of aromatic hydroxyl groups is 1. The van der Waals surface area contributed by atoms with Crippen molar-refractivity contribution in [2.75, 3.05) is 20.8 Å². The molecule has 3 rings (SSSR count). The molecule has 1 N–H and O–H groups in total. The van der Waals surface area contributed by atoms with Gasteiger partial charge in [-0.05, 0) is 25.3 Å². The van der Waals surface area contributed by atoms with Crippen LogP contribution in [0.15, 0.2) is 6.07 Å². The lowest BCUT2D eigenvalue weighted by atomic mass is 9.96. The number of hydrogen-bond acceptors (Lipinski definition) is 4. The zero-order chi connectivity index (χ0) is 13.6. The minimum absolute atomic E-state index is 0.0105. The fourth-order valence-electron chi connectivity index (χ4n) is 3.14. The van der Waals surface area contributed by atoms with E-state index in [1.807, 2.05) is 4.90 Å². The topological polar surface area (TPSA) is 59.0 Å². The van der Waals surface area contributed by atoms with Crippen molar-refractivity contribution in [3.63, 3.8) is 0 Å². The first-order valence-corrected chi connectivity index (χ1v) is 6.47. The average molecular weight is 263 g/mol. The number of carbonyl (C=O) groups excluding carboxylic acids is 1. The maximum atomic E-state index is 12.4.